The Labute approximate surface area is 62.5 Å². The topological polar surface area (TPSA) is 57.0 Å². The molecule has 0 saturated carbocycles. The van der Waals surface area contributed by atoms with Crippen LogP contribution in [0.2, 0.25) is 0 Å². The van der Waals surface area contributed by atoms with Gasteiger partial charge >= 0.3 is 26.2 Å². The smallest absolute Gasteiger partial charge is 2.00 e. The molecule has 0 N–H and O–H groups in total. The Morgan fingerprint density at radius 1 is 0.750 bits per heavy atom. The van der Waals surface area contributed by atoms with Crippen molar-refractivity contribution in [3.05, 3.63) is 0 Å². The minimum Gasteiger partial charge on any atom is -2.00 e. The van der Waals surface area contributed by atoms with Gasteiger partial charge in [0.15, 0.2) is 0 Å². The van der Waals surface area contributed by atoms with Crippen LogP contribution in [-0.2, 0) is 63.0 Å². The van der Waals surface area contributed by atoms with Crippen molar-refractivity contribution in [1.82, 2.24) is 0 Å². The molecule has 1 radical (unpaired) electrons. The normalized spacial score (nSPS) is 0. The summed E-state index contributed by atoms with van der Waals surface area (Å²) in [5.41, 5.74) is 0. The molecule has 4 heavy (non-hydrogen) atoms. The first kappa shape index (κ1) is 44.3. The van der Waals surface area contributed by atoms with Gasteiger partial charge in [0.25, 0.3) is 0 Å². The zero-order chi connectivity index (χ0) is 0. The first-order valence-corrected chi connectivity index (χ1v) is 0. The summed E-state index contributed by atoms with van der Waals surface area (Å²) in [6.45, 7) is 0. The second-order valence-electron chi connectivity index (χ2n) is 0. The third-order valence-electron chi connectivity index (χ3n) is 0. The molecule has 2 nitrogen and oxygen atoms in total. The number of hydrogen-bond donors (Lipinski definition) is 0. The van der Waals surface area contributed by atoms with Crippen LogP contribution in [0.5, 0.6) is 0 Å². The Balaban J connectivity index is 0. The summed E-state index contributed by atoms with van der Waals surface area (Å²) in [5, 5.41) is 0. The summed E-state index contributed by atoms with van der Waals surface area (Å²) in [6, 6.07) is 0. The van der Waals surface area contributed by atoms with Crippen LogP contribution in [-0.4, -0.2) is 0 Å². The minimum atomic E-state index is 0. The third kappa shape index (κ3) is 9.38. The van der Waals surface area contributed by atoms with Crippen molar-refractivity contribution in [3.8, 4) is 0 Å². The van der Waals surface area contributed by atoms with Gasteiger partial charge in [-0.3, -0.25) is 0 Å². The average molecular weight is 168 g/mol. The summed E-state index contributed by atoms with van der Waals surface area (Å²) in [7, 11) is 0. The SMILES string of the molecule is [O-2].[O-2].[Sc].[Zr+4]. The molecule has 0 aliphatic rings. The monoisotopic (exact) mass is 167 g/mol. The van der Waals surface area contributed by atoms with Crippen LogP contribution in [0.15, 0.2) is 0 Å². The zero-order valence-electron chi connectivity index (χ0n) is 1.89. The fourth-order valence-electron chi connectivity index (χ4n) is 0. The molecule has 0 unspecified atom stereocenters. The van der Waals surface area contributed by atoms with E-state index in [1.807, 2.05) is 0 Å². The zero-order valence-corrected chi connectivity index (χ0v) is 6.16. The molecule has 0 rings (SSSR count). The minimum absolute atomic E-state index is 0. The van der Waals surface area contributed by atoms with Crippen LogP contribution in [0.4, 0.5) is 0 Å². The van der Waals surface area contributed by atoms with Crippen LogP contribution < -0.4 is 0 Å². The van der Waals surface area contributed by atoms with E-state index in [9.17, 15) is 0 Å². The van der Waals surface area contributed by atoms with Crippen molar-refractivity contribution in [2.24, 2.45) is 0 Å². The van der Waals surface area contributed by atoms with E-state index in [-0.39, 0.29) is 63.0 Å². The van der Waals surface area contributed by atoms with Gasteiger partial charge in [0.05, 0.1) is 0 Å². The number of rotatable bonds is 0. The molecule has 0 spiro atoms. The predicted molar refractivity (Wildman–Crippen MR) is 1.37 cm³/mol. The standard InChI is InChI=1S/2O.Sc.Zr/q2*-2;;+4. The van der Waals surface area contributed by atoms with Gasteiger partial charge in [0.1, 0.15) is 0 Å². The van der Waals surface area contributed by atoms with Crippen LogP contribution in [0.3, 0.4) is 0 Å². The van der Waals surface area contributed by atoms with Crippen LogP contribution in [0.1, 0.15) is 0 Å². The van der Waals surface area contributed by atoms with Gasteiger partial charge in [-0.1, -0.05) is 0 Å². The second-order valence-corrected chi connectivity index (χ2v) is 0. The molecule has 19 valence electrons. The summed E-state index contributed by atoms with van der Waals surface area (Å²) >= 11 is 0. The third-order valence-corrected chi connectivity index (χ3v) is 0. The molecule has 0 fully saturated rings. The largest absolute Gasteiger partial charge is 4.00 e. The van der Waals surface area contributed by atoms with E-state index < -0.39 is 0 Å². The van der Waals surface area contributed by atoms with Gasteiger partial charge in [0, 0.05) is 25.8 Å². The molecule has 4 heteroatoms. The quantitative estimate of drug-likeness (QED) is 0.479. The van der Waals surface area contributed by atoms with Gasteiger partial charge in [-0.05, 0) is 0 Å². The maximum absolute atomic E-state index is 0. The molecule has 0 heterocycles. The van der Waals surface area contributed by atoms with E-state index >= 15 is 0 Å². The van der Waals surface area contributed by atoms with Crippen LogP contribution in [0.25, 0.3) is 0 Å². The van der Waals surface area contributed by atoms with Crippen molar-refractivity contribution in [2.75, 3.05) is 0 Å². The Morgan fingerprint density at radius 3 is 0.750 bits per heavy atom. The fraction of sp³-hybridized carbons (Fsp3) is 0. The Hall–Kier alpha value is 1.67. The molecule has 0 aromatic rings. The molecule has 0 aromatic heterocycles. The van der Waals surface area contributed by atoms with E-state index in [1.165, 1.54) is 0 Å². The van der Waals surface area contributed by atoms with Gasteiger partial charge in [-0.25, -0.2) is 0 Å². The fourth-order valence-corrected chi connectivity index (χ4v) is 0. The molecule has 0 atom stereocenters. The Morgan fingerprint density at radius 2 is 0.750 bits per heavy atom. The first-order chi connectivity index (χ1) is 0. The summed E-state index contributed by atoms with van der Waals surface area (Å²) in [5.74, 6) is 0. The van der Waals surface area contributed by atoms with Crippen molar-refractivity contribution in [1.29, 1.82) is 0 Å². The molecular formula is O2ScZr. The molecule has 0 aromatic carbocycles. The van der Waals surface area contributed by atoms with Gasteiger partial charge < -0.3 is 11.0 Å². The molecule has 0 bridgehead atoms. The molecule has 0 aliphatic heterocycles. The maximum Gasteiger partial charge on any atom is 4.00 e. The molecule has 0 amide bonds. The van der Waals surface area contributed by atoms with Crippen molar-refractivity contribution in [2.45, 2.75) is 0 Å². The maximum atomic E-state index is 0. The van der Waals surface area contributed by atoms with Crippen LogP contribution >= 0.6 is 0 Å². The number of hydrogen-bond acceptors (Lipinski definition) is 0. The Kier molecular flexibility index (Phi) is 249. The second kappa shape index (κ2) is 22.5. The predicted octanol–water partition coefficient (Wildman–Crippen LogP) is -0.243. The van der Waals surface area contributed by atoms with E-state index in [0.29, 0.717) is 0 Å². The van der Waals surface area contributed by atoms with E-state index in [0.717, 1.165) is 0 Å². The molecule has 0 aliphatic carbocycles. The molecule has 0 saturated heterocycles. The molecular weight excluding hydrogens is 168 g/mol. The summed E-state index contributed by atoms with van der Waals surface area (Å²) in [6.07, 6.45) is 0. The summed E-state index contributed by atoms with van der Waals surface area (Å²) < 4.78 is 0. The van der Waals surface area contributed by atoms with Gasteiger partial charge in [-0.15, -0.1) is 0 Å². The van der Waals surface area contributed by atoms with E-state index in [4.69, 9.17) is 0 Å². The Bertz CT molecular complexity index is 6.00. The average Bonchev–Trinajstić information content (AvgIpc) is 0. The summed E-state index contributed by atoms with van der Waals surface area (Å²) in [4.78, 5) is 0. The first-order valence-electron chi connectivity index (χ1n) is 0. The van der Waals surface area contributed by atoms with Gasteiger partial charge in [-0.2, -0.15) is 0 Å². The van der Waals surface area contributed by atoms with E-state index in [2.05, 4.69) is 0 Å². The van der Waals surface area contributed by atoms with Crippen molar-refractivity contribution < 1.29 is 63.0 Å². The van der Waals surface area contributed by atoms with Crippen molar-refractivity contribution in [3.63, 3.8) is 0 Å². The van der Waals surface area contributed by atoms with Crippen molar-refractivity contribution >= 4 is 0 Å². The van der Waals surface area contributed by atoms with E-state index in [1.54, 1.807) is 0 Å². The van der Waals surface area contributed by atoms with Gasteiger partial charge in [0.2, 0.25) is 0 Å². The van der Waals surface area contributed by atoms with Crippen LogP contribution in [0, 0.1) is 0 Å².